The summed E-state index contributed by atoms with van der Waals surface area (Å²) >= 11 is 0. The van der Waals surface area contributed by atoms with Gasteiger partial charge in [0, 0.05) is 28.3 Å². The molecule has 0 aliphatic carbocycles. The van der Waals surface area contributed by atoms with Crippen molar-refractivity contribution in [1.29, 1.82) is 0 Å². The molecule has 3 nitrogen and oxygen atoms in total. The first kappa shape index (κ1) is 17.6. The van der Waals surface area contributed by atoms with Gasteiger partial charge < -0.3 is 9.14 Å². The number of pyridine rings is 2. The van der Waals surface area contributed by atoms with E-state index in [9.17, 15) is 0 Å². The summed E-state index contributed by atoms with van der Waals surface area (Å²) in [4.78, 5) is 0. The number of ether oxygens (including phenoxy) is 1. The fourth-order valence-corrected chi connectivity index (χ4v) is 5.32. The first-order valence-corrected chi connectivity index (χ1v) is 10.9. The second-order valence-electron chi connectivity index (χ2n) is 8.60. The third-order valence-corrected chi connectivity index (χ3v) is 6.69. The Bertz CT molecular complexity index is 1810. The van der Waals surface area contributed by atoms with Crippen molar-refractivity contribution in [1.82, 2.24) is 4.40 Å². The van der Waals surface area contributed by atoms with E-state index in [2.05, 4.69) is 83.7 Å². The molecule has 0 unspecified atom stereocenters. The predicted molar refractivity (Wildman–Crippen MR) is 131 cm³/mol. The number of fused-ring (bicyclic) bond motifs is 5. The number of rotatable bonds is 2. The van der Waals surface area contributed by atoms with E-state index in [1.54, 1.807) is 0 Å². The van der Waals surface area contributed by atoms with Gasteiger partial charge in [0.15, 0.2) is 6.20 Å². The Morgan fingerprint density at radius 1 is 0.719 bits per heavy atom. The van der Waals surface area contributed by atoms with Gasteiger partial charge in [0.2, 0.25) is 5.52 Å². The molecule has 0 bridgehead atoms. The second-order valence-corrected chi connectivity index (χ2v) is 8.60. The third-order valence-electron chi connectivity index (χ3n) is 6.69. The van der Waals surface area contributed by atoms with Crippen LogP contribution in [0, 0.1) is 6.92 Å². The van der Waals surface area contributed by atoms with Crippen LogP contribution >= 0.6 is 0 Å². The van der Waals surface area contributed by atoms with Gasteiger partial charge >= 0.3 is 0 Å². The van der Waals surface area contributed by atoms with Crippen LogP contribution in [0.2, 0.25) is 0 Å². The molecule has 0 N–H and O–H groups in total. The van der Waals surface area contributed by atoms with E-state index < -0.39 is 0 Å². The van der Waals surface area contributed by atoms with Gasteiger partial charge in [-0.05, 0) is 36.8 Å². The summed E-state index contributed by atoms with van der Waals surface area (Å²) < 4.78 is 11.0. The average molecular weight is 414 g/mol. The largest absolute Gasteiger partial charge is 0.457 e. The van der Waals surface area contributed by atoms with Gasteiger partial charge in [0.1, 0.15) is 18.5 Å². The highest BCUT2D eigenvalue weighted by Gasteiger charge is 2.24. The van der Waals surface area contributed by atoms with Crippen molar-refractivity contribution in [3.8, 4) is 11.5 Å². The quantitative estimate of drug-likeness (QED) is 0.171. The Morgan fingerprint density at radius 2 is 1.53 bits per heavy atom. The van der Waals surface area contributed by atoms with E-state index in [0.29, 0.717) is 0 Å². The minimum Gasteiger partial charge on any atom is -0.457 e. The molecule has 0 atom stereocenters. The van der Waals surface area contributed by atoms with Crippen molar-refractivity contribution in [2.45, 2.75) is 6.92 Å². The molecule has 4 aromatic carbocycles. The van der Waals surface area contributed by atoms with Gasteiger partial charge in [-0.2, -0.15) is 0 Å². The van der Waals surface area contributed by atoms with E-state index >= 15 is 0 Å². The minimum absolute atomic E-state index is 0.843. The maximum atomic E-state index is 6.30. The number of para-hydroxylation sites is 2. The number of hydrogen-bond acceptors (Lipinski definition) is 1. The maximum Gasteiger partial charge on any atom is 0.224 e. The third kappa shape index (κ3) is 2.23. The van der Waals surface area contributed by atoms with Crippen LogP contribution in [0.1, 0.15) is 5.56 Å². The summed E-state index contributed by atoms with van der Waals surface area (Å²) in [6, 6.07) is 29.7. The van der Waals surface area contributed by atoms with Crippen LogP contribution in [-0.2, 0) is 7.05 Å². The normalized spacial score (nSPS) is 12.1. The molecular formula is C29H21N2O+. The lowest BCUT2D eigenvalue weighted by molar-refractivity contribution is -0.643. The van der Waals surface area contributed by atoms with Crippen molar-refractivity contribution in [2.75, 3.05) is 0 Å². The highest BCUT2D eigenvalue weighted by Crippen LogP contribution is 2.42. The summed E-state index contributed by atoms with van der Waals surface area (Å²) in [6.45, 7) is 2.22. The second kappa shape index (κ2) is 6.21. The van der Waals surface area contributed by atoms with E-state index in [-0.39, 0.29) is 0 Å². The number of aromatic nitrogens is 2. The molecule has 32 heavy (non-hydrogen) atoms. The molecule has 3 heterocycles. The van der Waals surface area contributed by atoms with E-state index in [1.807, 2.05) is 30.3 Å². The summed E-state index contributed by atoms with van der Waals surface area (Å²) in [5.74, 6) is 1.69. The maximum absolute atomic E-state index is 6.30. The number of benzene rings is 4. The Hall–Kier alpha value is -4.11. The van der Waals surface area contributed by atoms with Crippen LogP contribution in [0.3, 0.4) is 0 Å². The molecule has 0 saturated heterocycles. The van der Waals surface area contributed by atoms with Crippen molar-refractivity contribution in [3.63, 3.8) is 0 Å². The SMILES string of the molecule is Cc1ccc2c3ccccc3n3c4cc(Oc5ccccc5)cc5cc[n+](C)c(c1c23)c54. The predicted octanol–water partition coefficient (Wildman–Crippen LogP) is 6.92. The Morgan fingerprint density at radius 3 is 2.41 bits per heavy atom. The molecule has 7 aromatic rings. The molecular weight excluding hydrogens is 392 g/mol. The number of hydrogen-bond donors (Lipinski definition) is 0. The van der Waals surface area contributed by atoms with Crippen molar-refractivity contribution < 1.29 is 9.30 Å². The molecule has 0 radical (unpaired) electrons. The fraction of sp³-hybridized carbons (Fsp3) is 0.0690. The lowest BCUT2D eigenvalue weighted by Crippen LogP contribution is -2.28. The first-order chi connectivity index (χ1) is 15.7. The van der Waals surface area contributed by atoms with Gasteiger partial charge in [-0.1, -0.05) is 48.5 Å². The monoisotopic (exact) mass is 413 g/mol. The lowest BCUT2D eigenvalue weighted by Gasteiger charge is -2.14. The smallest absolute Gasteiger partial charge is 0.224 e. The van der Waals surface area contributed by atoms with Crippen molar-refractivity contribution in [3.05, 3.63) is 96.7 Å². The van der Waals surface area contributed by atoms with E-state index in [1.165, 1.54) is 54.6 Å². The topological polar surface area (TPSA) is 17.5 Å². The van der Waals surface area contributed by atoms with Crippen molar-refractivity contribution in [2.24, 2.45) is 7.05 Å². The molecule has 3 heteroatoms. The van der Waals surface area contributed by atoms with Crippen LogP contribution in [0.15, 0.2) is 91.1 Å². The van der Waals surface area contributed by atoms with Crippen LogP contribution in [-0.4, -0.2) is 4.40 Å². The molecule has 7 rings (SSSR count). The Balaban J connectivity index is 1.74. The summed E-state index contributed by atoms with van der Waals surface area (Å²) in [7, 11) is 2.14. The average Bonchev–Trinajstić information content (AvgIpc) is 3.15. The molecule has 3 aromatic heterocycles. The van der Waals surface area contributed by atoms with Gasteiger partial charge in [0.25, 0.3) is 0 Å². The first-order valence-electron chi connectivity index (χ1n) is 10.9. The zero-order valence-corrected chi connectivity index (χ0v) is 18.0. The van der Waals surface area contributed by atoms with Gasteiger partial charge in [-0.25, -0.2) is 4.57 Å². The Labute approximate surface area is 185 Å². The molecule has 0 aliphatic heterocycles. The molecule has 0 spiro atoms. The molecule has 0 aliphatic rings. The fourth-order valence-electron chi connectivity index (χ4n) is 5.32. The van der Waals surface area contributed by atoms with Gasteiger partial charge in [-0.15, -0.1) is 0 Å². The van der Waals surface area contributed by atoms with Crippen LogP contribution in [0.4, 0.5) is 0 Å². The van der Waals surface area contributed by atoms with Crippen LogP contribution in [0.25, 0.3) is 49.0 Å². The summed E-state index contributed by atoms with van der Waals surface area (Å²) in [6.07, 6.45) is 2.16. The van der Waals surface area contributed by atoms with Crippen molar-refractivity contribution >= 4 is 49.0 Å². The highest BCUT2D eigenvalue weighted by molar-refractivity contribution is 6.25. The molecule has 0 amide bonds. The Kier molecular flexibility index (Phi) is 3.41. The zero-order chi connectivity index (χ0) is 21.4. The van der Waals surface area contributed by atoms with Gasteiger partial charge in [-0.3, -0.25) is 0 Å². The molecule has 0 fully saturated rings. The lowest BCUT2D eigenvalue weighted by atomic mass is 9.99. The van der Waals surface area contributed by atoms with Crippen LogP contribution in [0.5, 0.6) is 11.5 Å². The summed E-state index contributed by atoms with van der Waals surface area (Å²) in [5, 5.41) is 6.33. The number of aryl methyl sites for hydroxylation is 2. The van der Waals surface area contributed by atoms with E-state index in [0.717, 1.165) is 11.5 Å². The van der Waals surface area contributed by atoms with E-state index in [4.69, 9.17) is 4.74 Å². The minimum atomic E-state index is 0.843. The number of nitrogens with zero attached hydrogens (tertiary/aromatic N) is 2. The van der Waals surface area contributed by atoms with Gasteiger partial charge in [0.05, 0.1) is 27.3 Å². The molecule has 152 valence electrons. The summed E-state index contributed by atoms with van der Waals surface area (Å²) in [5.41, 5.74) is 6.23. The highest BCUT2D eigenvalue weighted by atomic mass is 16.5. The standard InChI is InChI=1S/C29H21N2O/c1-18-12-13-23-22-10-6-7-11-24(22)31-25-17-21(32-20-8-4-3-5-9-20)16-19-14-15-30(2)29(27(19)25)26(18)28(23)31/h3-17H,1-2H3/q+1. The van der Waals surface area contributed by atoms with Crippen LogP contribution < -0.4 is 9.30 Å². The zero-order valence-electron chi connectivity index (χ0n) is 18.0. The molecule has 0 saturated carbocycles.